The zero-order chi connectivity index (χ0) is 22.8. The van der Waals surface area contributed by atoms with Crippen molar-refractivity contribution in [3.05, 3.63) is 57.3 Å². The summed E-state index contributed by atoms with van der Waals surface area (Å²) >= 11 is 7.72. The van der Waals surface area contributed by atoms with E-state index in [1.807, 2.05) is 37.5 Å². The van der Waals surface area contributed by atoms with E-state index in [2.05, 4.69) is 4.99 Å². The third-order valence-corrected chi connectivity index (χ3v) is 8.54. The monoisotopic (exact) mass is 479 g/mol. The average Bonchev–Trinajstić information content (AvgIpc) is 3.13. The molecule has 0 saturated carbocycles. The van der Waals surface area contributed by atoms with Crippen LogP contribution in [0.15, 0.2) is 46.3 Å². The van der Waals surface area contributed by atoms with Crippen LogP contribution >= 0.6 is 22.9 Å². The smallest absolute Gasteiger partial charge is 0.279 e. The lowest BCUT2D eigenvalue weighted by atomic mass is 10.2. The molecule has 0 bridgehead atoms. The number of unbranched alkanes of at least 4 members (excludes halogenated alkanes) is 1. The quantitative estimate of drug-likeness (QED) is 0.486. The molecule has 1 heterocycles. The number of amides is 1. The van der Waals surface area contributed by atoms with Crippen LogP contribution in [-0.2, 0) is 16.6 Å². The molecule has 0 aliphatic carbocycles. The summed E-state index contributed by atoms with van der Waals surface area (Å²) in [5.74, 6) is -0.425. The molecule has 0 unspecified atom stereocenters. The van der Waals surface area contributed by atoms with Crippen LogP contribution in [0.5, 0.6) is 0 Å². The molecular formula is C22H26ClN3O3S2. The van der Waals surface area contributed by atoms with Crippen molar-refractivity contribution in [1.29, 1.82) is 0 Å². The van der Waals surface area contributed by atoms with Crippen LogP contribution in [0.4, 0.5) is 0 Å². The van der Waals surface area contributed by atoms with E-state index in [0.29, 0.717) is 28.5 Å². The zero-order valence-corrected chi connectivity index (χ0v) is 20.4. The largest absolute Gasteiger partial charge is 0.316 e. The van der Waals surface area contributed by atoms with Gasteiger partial charge in [0.2, 0.25) is 10.0 Å². The van der Waals surface area contributed by atoms with E-state index < -0.39 is 15.9 Å². The Bertz CT molecular complexity index is 1280. The molecule has 0 fully saturated rings. The van der Waals surface area contributed by atoms with Gasteiger partial charge in [0.05, 0.1) is 20.1 Å². The van der Waals surface area contributed by atoms with Crippen LogP contribution in [0.25, 0.3) is 10.2 Å². The van der Waals surface area contributed by atoms with Crippen LogP contribution in [0, 0.1) is 6.92 Å². The number of carbonyl (C=O) groups excluding carboxylic acids is 1. The second kappa shape index (κ2) is 9.65. The summed E-state index contributed by atoms with van der Waals surface area (Å²) in [5, 5.41) is 0.628. The van der Waals surface area contributed by atoms with E-state index in [1.165, 1.54) is 39.9 Å². The number of benzene rings is 2. The molecule has 9 heteroatoms. The van der Waals surface area contributed by atoms with E-state index in [4.69, 9.17) is 11.6 Å². The summed E-state index contributed by atoms with van der Waals surface area (Å²) in [5.41, 5.74) is 2.37. The number of hydrogen-bond donors (Lipinski definition) is 0. The number of fused-ring (bicyclic) bond motifs is 1. The first kappa shape index (κ1) is 23.7. The fraction of sp³-hybridized carbons (Fsp3) is 0.364. The summed E-state index contributed by atoms with van der Waals surface area (Å²) in [6, 6.07) is 9.73. The fourth-order valence-corrected chi connectivity index (χ4v) is 5.95. The minimum absolute atomic E-state index is 0.163. The van der Waals surface area contributed by atoms with Crippen molar-refractivity contribution in [1.82, 2.24) is 8.87 Å². The van der Waals surface area contributed by atoms with Crippen molar-refractivity contribution in [3.8, 4) is 0 Å². The maximum absolute atomic E-state index is 12.8. The number of rotatable bonds is 7. The topological polar surface area (TPSA) is 71.7 Å². The van der Waals surface area contributed by atoms with Crippen LogP contribution in [0.2, 0.25) is 5.02 Å². The van der Waals surface area contributed by atoms with Gasteiger partial charge in [-0.05, 0) is 56.2 Å². The summed E-state index contributed by atoms with van der Waals surface area (Å²) in [6.07, 6.45) is 1.70. The number of aromatic nitrogens is 1. The minimum Gasteiger partial charge on any atom is -0.316 e. The summed E-state index contributed by atoms with van der Waals surface area (Å²) in [6.45, 7) is 7.11. The van der Waals surface area contributed by atoms with Gasteiger partial charge in [-0.1, -0.05) is 42.3 Å². The first-order valence-electron chi connectivity index (χ1n) is 10.1. The van der Waals surface area contributed by atoms with E-state index >= 15 is 0 Å². The minimum atomic E-state index is -3.58. The molecule has 0 aliphatic rings. The van der Waals surface area contributed by atoms with Crippen LogP contribution in [0.3, 0.4) is 0 Å². The van der Waals surface area contributed by atoms with E-state index in [-0.39, 0.29) is 4.90 Å². The second-order valence-electron chi connectivity index (χ2n) is 7.29. The van der Waals surface area contributed by atoms with Crippen molar-refractivity contribution in [2.45, 2.75) is 45.1 Å². The van der Waals surface area contributed by atoms with Crippen molar-refractivity contribution in [3.63, 3.8) is 0 Å². The third-order valence-electron chi connectivity index (χ3n) is 5.13. The van der Waals surface area contributed by atoms with Gasteiger partial charge in [0.15, 0.2) is 4.80 Å². The molecule has 166 valence electrons. The Morgan fingerprint density at radius 3 is 2.45 bits per heavy atom. The Hall–Kier alpha value is -2.00. The number of aryl methyl sites for hydroxylation is 2. The van der Waals surface area contributed by atoms with E-state index in [9.17, 15) is 13.2 Å². The Labute approximate surface area is 191 Å². The van der Waals surface area contributed by atoms with Crippen LogP contribution in [0.1, 0.15) is 42.6 Å². The molecule has 3 rings (SSSR count). The van der Waals surface area contributed by atoms with Gasteiger partial charge >= 0.3 is 0 Å². The molecule has 1 amide bonds. The molecule has 31 heavy (non-hydrogen) atoms. The third kappa shape index (κ3) is 4.77. The molecule has 2 aromatic carbocycles. The summed E-state index contributed by atoms with van der Waals surface area (Å²) in [7, 11) is -2.01. The first-order chi connectivity index (χ1) is 14.7. The molecule has 3 aromatic rings. The highest BCUT2D eigenvalue weighted by molar-refractivity contribution is 7.89. The molecule has 0 radical (unpaired) electrons. The van der Waals surface area contributed by atoms with Gasteiger partial charge in [0, 0.05) is 25.7 Å². The van der Waals surface area contributed by atoms with Gasteiger partial charge in [-0.2, -0.15) is 4.99 Å². The highest BCUT2D eigenvalue weighted by Crippen LogP contribution is 2.28. The summed E-state index contributed by atoms with van der Waals surface area (Å²) < 4.78 is 29.5. The standard InChI is InChI=1S/C22H26ClN3O3S2/c1-5-7-14-25(4)31(28,29)17-11-9-16(10-12-17)21(27)24-22-26(6-2)19-15(3)8-13-18(23)20(19)30-22/h8-13H,5-7,14H2,1-4H3. The SMILES string of the molecule is CCCCN(C)S(=O)(=O)c1ccc(C(=O)N=c2sc3c(Cl)ccc(C)c3n2CC)cc1. The molecule has 0 atom stereocenters. The first-order valence-corrected chi connectivity index (χ1v) is 12.8. The molecule has 1 aromatic heterocycles. The molecular weight excluding hydrogens is 454 g/mol. The Kier molecular flexibility index (Phi) is 7.36. The predicted octanol–water partition coefficient (Wildman–Crippen LogP) is 4.85. The molecule has 0 spiro atoms. The number of thiazole rings is 1. The van der Waals surface area contributed by atoms with E-state index in [1.54, 1.807) is 7.05 Å². The zero-order valence-electron chi connectivity index (χ0n) is 18.1. The van der Waals surface area contributed by atoms with E-state index in [0.717, 1.165) is 28.6 Å². The van der Waals surface area contributed by atoms with Crippen molar-refractivity contribution in [2.75, 3.05) is 13.6 Å². The molecule has 0 N–H and O–H groups in total. The molecule has 0 aliphatic heterocycles. The maximum atomic E-state index is 12.8. The Balaban J connectivity index is 1.95. The van der Waals surface area contributed by atoms with Crippen molar-refractivity contribution < 1.29 is 13.2 Å². The number of sulfonamides is 1. The molecule has 6 nitrogen and oxygen atoms in total. The van der Waals surface area contributed by atoms with Crippen molar-refractivity contribution in [2.24, 2.45) is 4.99 Å². The second-order valence-corrected chi connectivity index (χ2v) is 10.7. The van der Waals surface area contributed by atoms with Gasteiger partial charge in [-0.3, -0.25) is 4.79 Å². The van der Waals surface area contributed by atoms with Crippen LogP contribution in [-0.4, -0.2) is 36.8 Å². The Morgan fingerprint density at radius 2 is 1.84 bits per heavy atom. The predicted molar refractivity (Wildman–Crippen MR) is 126 cm³/mol. The molecule has 0 saturated heterocycles. The number of carbonyl (C=O) groups is 1. The van der Waals surface area contributed by atoms with Gasteiger partial charge in [-0.15, -0.1) is 0 Å². The van der Waals surface area contributed by atoms with Gasteiger partial charge in [0.25, 0.3) is 5.91 Å². The Morgan fingerprint density at radius 1 is 1.16 bits per heavy atom. The average molecular weight is 480 g/mol. The normalized spacial score (nSPS) is 12.8. The highest BCUT2D eigenvalue weighted by atomic mass is 35.5. The summed E-state index contributed by atoms with van der Waals surface area (Å²) in [4.78, 5) is 17.8. The number of halogens is 1. The van der Waals surface area contributed by atoms with Gasteiger partial charge in [0.1, 0.15) is 0 Å². The number of hydrogen-bond acceptors (Lipinski definition) is 4. The maximum Gasteiger partial charge on any atom is 0.279 e. The van der Waals surface area contributed by atoms with Crippen LogP contribution < -0.4 is 4.80 Å². The highest BCUT2D eigenvalue weighted by Gasteiger charge is 2.20. The number of nitrogens with zero attached hydrogens (tertiary/aromatic N) is 3. The van der Waals surface area contributed by atoms with Gasteiger partial charge in [-0.25, -0.2) is 12.7 Å². The lowest BCUT2D eigenvalue weighted by Gasteiger charge is -2.16. The lowest BCUT2D eigenvalue weighted by Crippen LogP contribution is -2.27. The fourth-order valence-electron chi connectivity index (χ4n) is 3.30. The lowest BCUT2D eigenvalue weighted by molar-refractivity contribution is 0.0997. The van der Waals surface area contributed by atoms with Crippen molar-refractivity contribution >= 4 is 49.1 Å². The van der Waals surface area contributed by atoms with Gasteiger partial charge < -0.3 is 4.57 Å².